The van der Waals surface area contributed by atoms with Gasteiger partial charge in [-0.3, -0.25) is 4.90 Å². The van der Waals surface area contributed by atoms with Crippen LogP contribution < -0.4 is 0 Å². The van der Waals surface area contributed by atoms with Gasteiger partial charge in [0.1, 0.15) is 5.01 Å². The Balaban J connectivity index is 2.70. The van der Waals surface area contributed by atoms with Crippen molar-refractivity contribution in [3.63, 3.8) is 0 Å². The van der Waals surface area contributed by atoms with E-state index in [9.17, 15) is 13.2 Å². The fraction of sp³-hybridized carbons (Fsp3) is 0.700. The first kappa shape index (κ1) is 14.4. The van der Waals surface area contributed by atoms with Crippen molar-refractivity contribution in [1.29, 1.82) is 0 Å². The average Bonchev–Trinajstić information content (AvgIpc) is 2.64. The second-order valence-electron chi connectivity index (χ2n) is 3.91. The number of aliphatic hydroxyl groups excluding tert-OH is 1. The van der Waals surface area contributed by atoms with E-state index >= 15 is 0 Å². The molecule has 7 heteroatoms. The van der Waals surface area contributed by atoms with Gasteiger partial charge in [-0.05, 0) is 13.8 Å². The number of thiazole rings is 1. The highest BCUT2D eigenvalue weighted by Gasteiger charge is 2.33. The molecule has 0 spiro atoms. The Kier molecular flexibility index (Phi) is 4.91. The Morgan fingerprint density at radius 2 is 2.12 bits per heavy atom. The van der Waals surface area contributed by atoms with Crippen LogP contribution in [0.3, 0.4) is 0 Å². The van der Waals surface area contributed by atoms with Crippen LogP contribution in [0.1, 0.15) is 24.5 Å². The maximum Gasteiger partial charge on any atom is 0.434 e. The summed E-state index contributed by atoms with van der Waals surface area (Å²) in [4.78, 5) is 5.43. The molecule has 1 N–H and O–H groups in total. The van der Waals surface area contributed by atoms with Crippen LogP contribution in [0.2, 0.25) is 0 Å². The molecule has 1 rings (SSSR count). The first-order chi connectivity index (χ1) is 7.84. The minimum absolute atomic E-state index is 0.0182. The van der Waals surface area contributed by atoms with E-state index in [1.165, 1.54) is 0 Å². The van der Waals surface area contributed by atoms with E-state index in [0.29, 0.717) is 18.1 Å². The lowest BCUT2D eigenvalue weighted by Crippen LogP contribution is -2.32. The zero-order chi connectivity index (χ0) is 13.1. The summed E-state index contributed by atoms with van der Waals surface area (Å²) in [6, 6.07) is 0.153. The normalized spacial score (nSPS) is 12.7. The van der Waals surface area contributed by atoms with Crippen molar-refractivity contribution in [2.24, 2.45) is 0 Å². The van der Waals surface area contributed by atoms with Gasteiger partial charge in [0.25, 0.3) is 0 Å². The molecule has 0 saturated carbocycles. The molecular weight excluding hydrogens is 253 g/mol. The molecule has 0 aliphatic heterocycles. The van der Waals surface area contributed by atoms with Crippen LogP contribution in [-0.4, -0.2) is 34.2 Å². The smallest absolute Gasteiger partial charge is 0.395 e. The topological polar surface area (TPSA) is 36.4 Å². The fourth-order valence-electron chi connectivity index (χ4n) is 1.34. The lowest BCUT2D eigenvalue weighted by Gasteiger charge is -2.24. The van der Waals surface area contributed by atoms with Gasteiger partial charge in [-0.15, -0.1) is 11.3 Å². The van der Waals surface area contributed by atoms with Crippen LogP contribution in [0, 0.1) is 0 Å². The fourth-order valence-corrected chi connectivity index (χ4v) is 2.16. The number of aromatic nitrogens is 1. The third-order valence-corrected chi connectivity index (χ3v) is 3.13. The Bertz CT molecular complexity index is 352. The summed E-state index contributed by atoms with van der Waals surface area (Å²) in [7, 11) is 0. The summed E-state index contributed by atoms with van der Waals surface area (Å²) in [5.41, 5.74) is -0.842. The van der Waals surface area contributed by atoms with Crippen molar-refractivity contribution < 1.29 is 18.3 Å². The summed E-state index contributed by atoms with van der Waals surface area (Å²) in [6.45, 7) is 4.59. The number of rotatable bonds is 5. The second-order valence-corrected chi connectivity index (χ2v) is 4.85. The molecule has 3 nitrogen and oxygen atoms in total. The Morgan fingerprint density at radius 3 is 2.53 bits per heavy atom. The average molecular weight is 268 g/mol. The van der Waals surface area contributed by atoms with E-state index in [1.54, 1.807) is 0 Å². The molecule has 0 aromatic carbocycles. The molecule has 0 aliphatic carbocycles. The van der Waals surface area contributed by atoms with Crippen LogP contribution >= 0.6 is 11.3 Å². The monoisotopic (exact) mass is 268 g/mol. The molecule has 0 saturated heterocycles. The van der Waals surface area contributed by atoms with Gasteiger partial charge in [0.05, 0.1) is 13.2 Å². The lowest BCUT2D eigenvalue weighted by atomic mass is 10.3. The van der Waals surface area contributed by atoms with E-state index in [2.05, 4.69) is 4.98 Å². The number of nitrogens with zero attached hydrogens (tertiary/aromatic N) is 2. The molecule has 1 aromatic rings. The maximum absolute atomic E-state index is 12.3. The SMILES string of the molecule is CC(C)N(CCO)Cc1nc(C(F)(F)F)cs1. The lowest BCUT2D eigenvalue weighted by molar-refractivity contribution is -0.140. The summed E-state index contributed by atoms with van der Waals surface area (Å²) in [5.74, 6) is 0. The van der Waals surface area contributed by atoms with Crippen molar-refractivity contribution in [3.8, 4) is 0 Å². The van der Waals surface area contributed by atoms with E-state index in [4.69, 9.17) is 5.11 Å². The molecule has 0 bridgehead atoms. The number of alkyl halides is 3. The van der Waals surface area contributed by atoms with Crippen LogP contribution in [0.4, 0.5) is 13.2 Å². The third-order valence-electron chi connectivity index (χ3n) is 2.30. The minimum Gasteiger partial charge on any atom is -0.395 e. The zero-order valence-electron chi connectivity index (χ0n) is 9.66. The standard InChI is InChI=1S/C10H15F3N2OS/c1-7(2)15(3-4-16)5-9-14-8(6-17-9)10(11,12)13/h6-7,16H,3-5H2,1-2H3. The first-order valence-electron chi connectivity index (χ1n) is 5.21. The van der Waals surface area contributed by atoms with Crippen molar-refractivity contribution >= 4 is 11.3 Å². The van der Waals surface area contributed by atoms with Gasteiger partial charge >= 0.3 is 6.18 Å². The van der Waals surface area contributed by atoms with E-state index in [1.807, 2.05) is 18.7 Å². The van der Waals surface area contributed by atoms with Gasteiger partial charge in [-0.2, -0.15) is 13.2 Å². The predicted octanol–water partition coefficient (Wildman–Crippen LogP) is 2.36. The summed E-state index contributed by atoms with van der Waals surface area (Å²) >= 11 is 0.994. The van der Waals surface area contributed by atoms with E-state index in [-0.39, 0.29) is 12.6 Å². The van der Waals surface area contributed by atoms with Crippen molar-refractivity contribution in [2.45, 2.75) is 32.6 Å². The highest BCUT2D eigenvalue weighted by Crippen LogP contribution is 2.30. The Morgan fingerprint density at radius 1 is 1.47 bits per heavy atom. The molecule has 0 amide bonds. The van der Waals surface area contributed by atoms with Gasteiger partial charge in [-0.25, -0.2) is 4.98 Å². The molecule has 17 heavy (non-hydrogen) atoms. The van der Waals surface area contributed by atoms with Crippen LogP contribution in [0.15, 0.2) is 5.38 Å². The zero-order valence-corrected chi connectivity index (χ0v) is 10.5. The van der Waals surface area contributed by atoms with E-state index < -0.39 is 11.9 Å². The Hall–Kier alpha value is -0.660. The number of hydrogen-bond acceptors (Lipinski definition) is 4. The van der Waals surface area contributed by atoms with E-state index in [0.717, 1.165) is 16.7 Å². The molecule has 0 aliphatic rings. The predicted molar refractivity (Wildman–Crippen MR) is 59.7 cm³/mol. The first-order valence-corrected chi connectivity index (χ1v) is 6.09. The summed E-state index contributed by atoms with van der Waals surface area (Å²) in [6.07, 6.45) is -4.38. The van der Waals surface area contributed by atoms with Crippen LogP contribution in [0.5, 0.6) is 0 Å². The molecule has 1 heterocycles. The van der Waals surface area contributed by atoms with Crippen molar-refractivity contribution in [2.75, 3.05) is 13.2 Å². The van der Waals surface area contributed by atoms with Crippen molar-refractivity contribution in [3.05, 3.63) is 16.1 Å². The number of hydrogen-bond donors (Lipinski definition) is 1. The molecule has 98 valence electrons. The molecule has 1 aromatic heterocycles. The highest BCUT2D eigenvalue weighted by molar-refractivity contribution is 7.09. The van der Waals surface area contributed by atoms with Crippen molar-refractivity contribution in [1.82, 2.24) is 9.88 Å². The molecule has 0 radical (unpaired) electrons. The Labute approximate surface area is 102 Å². The number of halogens is 3. The van der Waals surface area contributed by atoms with Gasteiger partial charge in [0.2, 0.25) is 0 Å². The third kappa shape index (κ3) is 4.25. The quantitative estimate of drug-likeness (QED) is 0.890. The van der Waals surface area contributed by atoms with Gasteiger partial charge in [0, 0.05) is 18.0 Å². The molecule has 0 atom stereocenters. The van der Waals surface area contributed by atoms with Gasteiger partial charge in [-0.1, -0.05) is 0 Å². The summed E-state index contributed by atoms with van der Waals surface area (Å²) < 4.78 is 37.0. The van der Waals surface area contributed by atoms with Gasteiger partial charge < -0.3 is 5.11 Å². The van der Waals surface area contributed by atoms with Gasteiger partial charge in [0.15, 0.2) is 5.69 Å². The van der Waals surface area contributed by atoms with Crippen LogP contribution in [0.25, 0.3) is 0 Å². The second kappa shape index (κ2) is 5.79. The largest absolute Gasteiger partial charge is 0.434 e. The minimum atomic E-state index is -4.38. The van der Waals surface area contributed by atoms with Crippen LogP contribution in [-0.2, 0) is 12.7 Å². The molecular formula is C10H15F3N2OS. The maximum atomic E-state index is 12.3. The molecule has 0 fully saturated rings. The highest BCUT2D eigenvalue weighted by atomic mass is 32.1. The molecule has 0 unspecified atom stereocenters. The number of aliphatic hydroxyl groups is 1. The summed E-state index contributed by atoms with van der Waals surface area (Å²) in [5, 5.41) is 10.3.